The van der Waals surface area contributed by atoms with Crippen LogP contribution in [0.25, 0.3) is 10.9 Å². The second-order valence-electron chi connectivity index (χ2n) is 7.41. The number of benzene rings is 1. The summed E-state index contributed by atoms with van der Waals surface area (Å²) in [5.74, 6) is -1.28. The van der Waals surface area contributed by atoms with Crippen LogP contribution in [-0.4, -0.2) is 48.5 Å². The molecule has 156 valence electrons. The van der Waals surface area contributed by atoms with Crippen molar-refractivity contribution in [2.75, 3.05) is 13.7 Å². The smallest absolute Gasteiger partial charge is 0.310 e. The summed E-state index contributed by atoms with van der Waals surface area (Å²) >= 11 is 0. The van der Waals surface area contributed by atoms with Crippen molar-refractivity contribution in [2.45, 2.75) is 44.2 Å². The van der Waals surface area contributed by atoms with Gasteiger partial charge in [-0.2, -0.15) is 0 Å². The van der Waals surface area contributed by atoms with Crippen LogP contribution < -0.4 is 16.4 Å². The first-order valence-electron chi connectivity index (χ1n) is 9.99. The summed E-state index contributed by atoms with van der Waals surface area (Å²) in [4.78, 5) is 40.6. The van der Waals surface area contributed by atoms with Gasteiger partial charge in [-0.1, -0.05) is 12.5 Å². The number of nitrogens with one attached hydrogen (secondary N) is 3. The average Bonchev–Trinajstić information content (AvgIpc) is 3.38. The first-order chi connectivity index (χ1) is 14.0. The van der Waals surface area contributed by atoms with Gasteiger partial charge in [0, 0.05) is 23.3 Å². The lowest BCUT2D eigenvalue weighted by Crippen LogP contribution is -2.51. The van der Waals surface area contributed by atoms with E-state index in [2.05, 4.69) is 15.6 Å². The maximum absolute atomic E-state index is 12.9. The molecule has 1 aromatic heterocycles. The minimum Gasteiger partial charge on any atom is -0.469 e. The maximum atomic E-state index is 12.9. The molecule has 0 radical (unpaired) electrons. The molecule has 8 heteroatoms. The van der Waals surface area contributed by atoms with E-state index in [-0.39, 0.29) is 29.7 Å². The number of aromatic amines is 1. The normalized spacial score (nSPS) is 19.7. The largest absolute Gasteiger partial charge is 0.469 e. The molecule has 0 bridgehead atoms. The molecule has 1 fully saturated rings. The van der Waals surface area contributed by atoms with E-state index in [0.29, 0.717) is 37.8 Å². The summed E-state index contributed by atoms with van der Waals surface area (Å²) in [6.45, 7) is 0.419. The fourth-order valence-corrected chi connectivity index (χ4v) is 3.87. The number of amides is 2. The highest BCUT2D eigenvalue weighted by atomic mass is 16.5. The number of rotatable bonds is 8. The van der Waals surface area contributed by atoms with E-state index >= 15 is 0 Å². The van der Waals surface area contributed by atoms with E-state index in [1.807, 2.05) is 18.3 Å². The van der Waals surface area contributed by atoms with Crippen LogP contribution >= 0.6 is 0 Å². The molecular formula is C21H28N4O4. The third-order valence-electron chi connectivity index (χ3n) is 5.48. The lowest BCUT2D eigenvalue weighted by molar-refractivity contribution is -0.146. The van der Waals surface area contributed by atoms with Gasteiger partial charge in [-0.3, -0.25) is 14.4 Å². The molecule has 0 saturated heterocycles. The zero-order valence-corrected chi connectivity index (χ0v) is 16.6. The van der Waals surface area contributed by atoms with E-state index in [1.165, 1.54) is 7.11 Å². The van der Waals surface area contributed by atoms with Gasteiger partial charge in [-0.25, -0.2) is 0 Å². The van der Waals surface area contributed by atoms with Gasteiger partial charge >= 0.3 is 5.97 Å². The highest BCUT2D eigenvalue weighted by Crippen LogP contribution is 2.27. The predicted molar refractivity (Wildman–Crippen MR) is 109 cm³/mol. The molecule has 3 atom stereocenters. The van der Waals surface area contributed by atoms with Crippen molar-refractivity contribution in [3.8, 4) is 0 Å². The summed E-state index contributed by atoms with van der Waals surface area (Å²) in [7, 11) is 1.35. The van der Waals surface area contributed by atoms with E-state index in [9.17, 15) is 14.4 Å². The van der Waals surface area contributed by atoms with Crippen LogP contribution in [0.1, 0.15) is 42.5 Å². The number of hydrogen-bond donors (Lipinski definition) is 4. The number of carbonyl (C=O) groups is 3. The van der Waals surface area contributed by atoms with Gasteiger partial charge in [0.2, 0.25) is 5.91 Å². The number of esters is 1. The summed E-state index contributed by atoms with van der Waals surface area (Å²) < 4.78 is 4.84. The molecule has 2 amide bonds. The van der Waals surface area contributed by atoms with Crippen molar-refractivity contribution < 1.29 is 19.1 Å². The average molecular weight is 400 g/mol. The van der Waals surface area contributed by atoms with Crippen LogP contribution in [0, 0.1) is 5.92 Å². The van der Waals surface area contributed by atoms with E-state index < -0.39 is 6.04 Å². The molecule has 29 heavy (non-hydrogen) atoms. The van der Waals surface area contributed by atoms with Gasteiger partial charge in [-0.15, -0.1) is 0 Å². The van der Waals surface area contributed by atoms with Gasteiger partial charge in [0.1, 0.15) is 6.04 Å². The Morgan fingerprint density at radius 3 is 2.86 bits per heavy atom. The molecule has 0 spiro atoms. The van der Waals surface area contributed by atoms with Crippen molar-refractivity contribution in [3.63, 3.8) is 0 Å². The minimum atomic E-state index is -0.718. The second-order valence-corrected chi connectivity index (χ2v) is 7.41. The Morgan fingerprint density at radius 1 is 1.28 bits per heavy atom. The van der Waals surface area contributed by atoms with Gasteiger partial charge < -0.3 is 26.1 Å². The van der Waals surface area contributed by atoms with Gasteiger partial charge in [-0.05, 0) is 55.8 Å². The number of methoxy groups -OCH3 is 1. The highest BCUT2D eigenvalue weighted by molar-refractivity contribution is 6.00. The van der Waals surface area contributed by atoms with E-state index in [1.54, 1.807) is 12.1 Å². The predicted octanol–water partition coefficient (Wildman–Crippen LogP) is 1.46. The number of fused-ring (bicyclic) bond motifs is 1. The van der Waals surface area contributed by atoms with Crippen LogP contribution in [0.15, 0.2) is 30.5 Å². The zero-order valence-electron chi connectivity index (χ0n) is 16.6. The molecule has 2 aromatic rings. The molecule has 1 aromatic carbocycles. The van der Waals surface area contributed by atoms with Crippen LogP contribution in [0.4, 0.5) is 0 Å². The van der Waals surface area contributed by atoms with E-state index in [0.717, 1.165) is 17.3 Å². The minimum absolute atomic E-state index is 0.275. The Balaban J connectivity index is 1.68. The molecule has 3 rings (SSSR count). The first-order valence-corrected chi connectivity index (χ1v) is 9.99. The lowest BCUT2D eigenvalue weighted by Gasteiger charge is -2.23. The molecule has 1 aliphatic rings. The van der Waals surface area contributed by atoms with Crippen molar-refractivity contribution in [3.05, 3.63) is 36.0 Å². The summed E-state index contributed by atoms with van der Waals surface area (Å²) in [6, 6.07) is 6.27. The number of nitrogens with two attached hydrogens (primary N) is 1. The van der Waals surface area contributed by atoms with Gasteiger partial charge in [0.05, 0.1) is 13.0 Å². The van der Waals surface area contributed by atoms with Gasteiger partial charge in [0.15, 0.2) is 0 Å². The Labute approximate surface area is 169 Å². The number of hydrogen-bond acceptors (Lipinski definition) is 5. The Kier molecular flexibility index (Phi) is 6.87. The van der Waals surface area contributed by atoms with Crippen LogP contribution in [-0.2, 0) is 14.3 Å². The molecule has 0 aliphatic heterocycles. The molecule has 1 aliphatic carbocycles. The standard InChI is InChI=1S/C21H28N4O4/c1-29-21(28)15-4-2-5-16(15)24-20(27)17(6-3-10-22)25-19(26)14-8-7-13-9-11-23-18(13)12-14/h7-9,11-12,15-17,23H,2-6,10,22H2,1H3,(H,24,27)(H,25,26)/t15-,16?,17+/m1/s1. The van der Waals surface area contributed by atoms with Gasteiger partial charge in [0.25, 0.3) is 5.91 Å². The summed E-state index contributed by atoms with van der Waals surface area (Å²) in [6.07, 6.45) is 5.08. The summed E-state index contributed by atoms with van der Waals surface area (Å²) in [5, 5.41) is 6.76. The third kappa shape index (κ3) is 4.95. The third-order valence-corrected chi connectivity index (χ3v) is 5.48. The lowest BCUT2D eigenvalue weighted by atomic mass is 10.0. The van der Waals surface area contributed by atoms with Crippen molar-refractivity contribution >= 4 is 28.7 Å². The topological polar surface area (TPSA) is 126 Å². The summed E-state index contributed by atoms with van der Waals surface area (Å²) in [5.41, 5.74) is 6.93. The molecule has 5 N–H and O–H groups in total. The molecular weight excluding hydrogens is 372 g/mol. The Bertz CT molecular complexity index is 878. The molecule has 8 nitrogen and oxygen atoms in total. The van der Waals surface area contributed by atoms with Crippen LogP contribution in [0.3, 0.4) is 0 Å². The fourth-order valence-electron chi connectivity index (χ4n) is 3.87. The van der Waals surface area contributed by atoms with Crippen LogP contribution in [0.5, 0.6) is 0 Å². The van der Waals surface area contributed by atoms with Crippen molar-refractivity contribution in [1.82, 2.24) is 15.6 Å². The Hall–Kier alpha value is -2.87. The Morgan fingerprint density at radius 2 is 2.10 bits per heavy atom. The monoisotopic (exact) mass is 400 g/mol. The highest BCUT2D eigenvalue weighted by Gasteiger charge is 2.36. The first kappa shape index (κ1) is 20.9. The van der Waals surface area contributed by atoms with E-state index in [4.69, 9.17) is 10.5 Å². The van der Waals surface area contributed by atoms with Crippen LogP contribution in [0.2, 0.25) is 0 Å². The molecule has 1 heterocycles. The molecule has 1 saturated carbocycles. The zero-order chi connectivity index (χ0) is 20.8. The number of ether oxygens (including phenoxy) is 1. The van der Waals surface area contributed by atoms with Crippen molar-refractivity contribution in [2.24, 2.45) is 11.7 Å². The van der Waals surface area contributed by atoms with Crippen molar-refractivity contribution in [1.29, 1.82) is 0 Å². The number of carbonyl (C=O) groups excluding carboxylic acids is 3. The SMILES string of the molecule is COC(=O)[C@@H]1CCCC1NC(=O)[C@H](CCCN)NC(=O)c1ccc2cc[nH]c2c1. The number of aromatic nitrogens is 1. The number of H-pyrrole nitrogens is 1. The maximum Gasteiger partial charge on any atom is 0.310 e. The second kappa shape index (κ2) is 9.56. The molecule has 1 unspecified atom stereocenters. The quantitative estimate of drug-likeness (QED) is 0.499. The fraction of sp³-hybridized carbons (Fsp3) is 0.476.